The first-order valence-corrected chi connectivity index (χ1v) is 7.85. The molecule has 0 fully saturated rings. The fraction of sp³-hybridized carbons (Fsp3) is 0.316. The first-order valence-electron chi connectivity index (χ1n) is 7.85. The predicted octanol–water partition coefficient (Wildman–Crippen LogP) is 2.63. The van der Waals surface area contributed by atoms with Gasteiger partial charge in [0.2, 0.25) is 5.88 Å². The Morgan fingerprint density at radius 1 is 1.32 bits per heavy atom. The molecule has 1 aromatic heterocycles. The maximum absolute atomic E-state index is 12.6. The Labute approximate surface area is 145 Å². The smallest absolute Gasteiger partial charge is 0.271 e. The van der Waals surface area contributed by atoms with Gasteiger partial charge in [0, 0.05) is 5.92 Å². The van der Waals surface area contributed by atoms with Crippen molar-refractivity contribution in [3.63, 3.8) is 0 Å². The van der Waals surface area contributed by atoms with Crippen molar-refractivity contribution in [2.24, 2.45) is 5.92 Å². The van der Waals surface area contributed by atoms with E-state index in [9.17, 15) is 20.0 Å². The third kappa shape index (κ3) is 3.41. The van der Waals surface area contributed by atoms with Crippen LogP contribution >= 0.6 is 0 Å². The molecule has 0 bridgehead atoms. The topological polar surface area (TPSA) is 92.3 Å². The molecule has 0 amide bonds. The molecule has 2 rings (SSSR count). The highest BCUT2D eigenvalue weighted by atomic mass is 16.5. The predicted molar refractivity (Wildman–Crippen MR) is 93.1 cm³/mol. The lowest BCUT2D eigenvalue weighted by molar-refractivity contribution is 0.0934. The Hall–Kier alpha value is -3.07. The fourth-order valence-electron chi connectivity index (χ4n) is 2.59. The Balaban J connectivity index is 2.64. The number of hydrogen-bond acceptors (Lipinski definition) is 5. The number of pyridine rings is 1. The molecule has 6 heteroatoms. The number of ketones is 1. The van der Waals surface area contributed by atoms with E-state index in [0.717, 1.165) is 10.1 Å². The third-order valence-corrected chi connectivity index (χ3v) is 4.07. The van der Waals surface area contributed by atoms with Gasteiger partial charge in [-0.25, -0.2) is 0 Å². The summed E-state index contributed by atoms with van der Waals surface area (Å²) in [5.41, 5.74) is 0.229. The van der Waals surface area contributed by atoms with Crippen LogP contribution in [0.2, 0.25) is 0 Å². The SMILES string of the molecule is COc1ccc(Cn2c(O)c(C(=O)C(C)C)c(C)c(C#N)c2=O)cc1. The molecule has 1 heterocycles. The molecule has 6 nitrogen and oxygen atoms in total. The van der Waals surface area contributed by atoms with Gasteiger partial charge in [0.05, 0.1) is 19.2 Å². The number of hydrogen-bond donors (Lipinski definition) is 1. The van der Waals surface area contributed by atoms with E-state index in [2.05, 4.69) is 0 Å². The molecule has 0 atom stereocenters. The Kier molecular flexibility index (Phi) is 5.28. The fourth-order valence-corrected chi connectivity index (χ4v) is 2.59. The van der Waals surface area contributed by atoms with Gasteiger partial charge in [0.1, 0.15) is 17.4 Å². The minimum Gasteiger partial charge on any atom is -0.497 e. The highest BCUT2D eigenvalue weighted by Gasteiger charge is 2.25. The van der Waals surface area contributed by atoms with Crippen LogP contribution in [0, 0.1) is 24.2 Å². The zero-order valence-electron chi connectivity index (χ0n) is 14.7. The van der Waals surface area contributed by atoms with Gasteiger partial charge in [0.25, 0.3) is 5.56 Å². The molecule has 1 aromatic carbocycles. The molecule has 2 aromatic rings. The zero-order valence-corrected chi connectivity index (χ0v) is 14.7. The minimum absolute atomic E-state index is 0.0275. The molecule has 0 aliphatic carbocycles. The molecule has 25 heavy (non-hydrogen) atoms. The summed E-state index contributed by atoms with van der Waals surface area (Å²) in [7, 11) is 1.55. The van der Waals surface area contributed by atoms with Crippen molar-refractivity contribution >= 4 is 5.78 Å². The first-order chi connectivity index (χ1) is 11.8. The molecular formula is C19H20N2O4. The van der Waals surface area contributed by atoms with Crippen LogP contribution in [0.1, 0.15) is 40.9 Å². The highest BCUT2D eigenvalue weighted by Crippen LogP contribution is 2.25. The summed E-state index contributed by atoms with van der Waals surface area (Å²) < 4.78 is 6.15. The minimum atomic E-state index is -0.617. The normalized spacial score (nSPS) is 10.6. The molecule has 0 aliphatic heterocycles. The van der Waals surface area contributed by atoms with Crippen LogP contribution in [0.15, 0.2) is 29.1 Å². The van der Waals surface area contributed by atoms with E-state index in [1.165, 1.54) is 6.92 Å². The monoisotopic (exact) mass is 340 g/mol. The highest BCUT2D eigenvalue weighted by molar-refractivity contribution is 6.01. The Morgan fingerprint density at radius 2 is 1.92 bits per heavy atom. The standard InChI is InChI=1S/C19H20N2O4/c1-11(2)17(22)16-12(3)15(9-20)18(23)21(19(16)24)10-13-5-7-14(25-4)8-6-13/h5-8,11,24H,10H2,1-4H3. The van der Waals surface area contributed by atoms with Gasteiger partial charge >= 0.3 is 0 Å². The van der Waals surface area contributed by atoms with Crippen LogP contribution in [-0.2, 0) is 6.54 Å². The lowest BCUT2D eigenvalue weighted by Gasteiger charge is -2.16. The molecule has 130 valence electrons. The summed E-state index contributed by atoms with van der Waals surface area (Å²) in [6, 6.07) is 8.82. The largest absolute Gasteiger partial charge is 0.497 e. The molecule has 0 saturated heterocycles. The van der Waals surface area contributed by atoms with Crippen LogP contribution in [0.4, 0.5) is 0 Å². The lowest BCUT2D eigenvalue weighted by Crippen LogP contribution is -2.27. The maximum atomic E-state index is 12.6. The summed E-state index contributed by atoms with van der Waals surface area (Å²) in [5, 5.41) is 19.9. The van der Waals surface area contributed by atoms with Crippen molar-refractivity contribution in [1.82, 2.24) is 4.57 Å². The number of Topliss-reactive ketones (excluding diaryl/α,β-unsaturated/α-hetero) is 1. The number of benzene rings is 1. The van der Waals surface area contributed by atoms with E-state index in [-0.39, 0.29) is 34.9 Å². The number of carbonyl (C=O) groups is 1. The van der Waals surface area contributed by atoms with Crippen molar-refractivity contribution in [2.75, 3.05) is 7.11 Å². The number of aromatic hydroxyl groups is 1. The lowest BCUT2D eigenvalue weighted by atomic mass is 9.95. The molecular weight excluding hydrogens is 320 g/mol. The van der Waals surface area contributed by atoms with Crippen molar-refractivity contribution < 1.29 is 14.6 Å². The van der Waals surface area contributed by atoms with Gasteiger partial charge in [-0.15, -0.1) is 0 Å². The average molecular weight is 340 g/mol. The van der Waals surface area contributed by atoms with E-state index < -0.39 is 11.4 Å². The number of nitrogens with zero attached hydrogens (tertiary/aromatic N) is 2. The number of methoxy groups -OCH3 is 1. The van der Waals surface area contributed by atoms with Crippen molar-refractivity contribution in [3.8, 4) is 17.7 Å². The number of nitriles is 1. The third-order valence-electron chi connectivity index (χ3n) is 4.07. The van der Waals surface area contributed by atoms with E-state index in [0.29, 0.717) is 5.75 Å². The second-order valence-corrected chi connectivity index (χ2v) is 6.07. The molecule has 1 N–H and O–H groups in total. The van der Waals surface area contributed by atoms with Gasteiger partial charge in [-0.05, 0) is 30.2 Å². The Morgan fingerprint density at radius 3 is 2.40 bits per heavy atom. The van der Waals surface area contributed by atoms with Gasteiger partial charge in [-0.3, -0.25) is 14.2 Å². The van der Waals surface area contributed by atoms with Crippen LogP contribution < -0.4 is 10.3 Å². The molecule has 0 spiro atoms. The number of rotatable bonds is 5. The second-order valence-electron chi connectivity index (χ2n) is 6.07. The summed E-state index contributed by atoms with van der Waals surface area (Å²) >= 11 is 0. The second kappa shape index (κ2) is 7.22. The summed E-state index contributed by atoms with van der Waals surface area (Å²) in [6.07, 6.45) is 0. The summed E-state index contributed by atoms with van der Waals surface area (Å²) in [5.74, 6) is -0.424. The van der Waals surface area contributed by atoms with Crippen molar-refractivity contribution in [1.29, 1.82) is 5.26 Å². The summed E-state index contributed by atoms with van der Waals surface area (Å²) in [4.78, 5) is 25.0. The molecule has 0 radical (unpaired) electrons. The van der Waals surface area contributed by atoms with Gasteiger partial charge in [-0.1, -0.05) is 26.0 Å². The Bertz CT molecular complexity index is 903. The number of carbonyl (C=O) groups excluding carboxylic acids is 1. The van der Waals surface area contributed by atoms with Crippen LogP contribution in [0.5, 0.6) is 11.6 Å². The van der Waals surface area contributed by atoms with Crippen molar-refractivity contribution in [3.05, 3.63) is 56.9 Å². The number of ether oxygens (including phenoxy) is 1. The van der Waals surface area contributed by atoms with E-state index in [1.807, 2.05) is 6.07 Å². The number of aromatic nitrogens is 1. The van der Waals surface area contributed by atoms with Crippen LogP contribution in [0.25, 0.3) is 0 Å². The van der Waals surface area contributed by atoms with Crippen LogP contribution in [-0.4, -0.2) is 22.6 Å². The summed E-state index contributed by atoms with van der Waals surface area (Å²) in [6.45, 7) is 4.95. The zero-order chi connectivity index (χ0) is 18.7. The van der Waals surface area contributed by atoms with Crippen molar-refractivity contribution in [2.45, 2.75) is 27.3 Å². The molecule has 0 saturated carbocycles. The maximum Gasteiger partial charge on any atom is 0.271 e. The van der Waals surface area contributed by atoms with E-state index >= 15 is 0 Å². The van der Waals surface area contributed by atoms with Gasteiger partial charge < -0.3 is 9.84 Å². The van der Waals surface area contributed by atoms with E-state index in [4.69, 9.17) is 4.74 Å². The molecule has 0 unspecified atom stereocenters. The first kappa shape index (κ1) is 18.3. The molecule has 0 aliphatic rings. The van der Waals surface area contributed by atoms with Crippen LogP contribution in [0.3, 0.4) is 0 Å². The quantitative estimate of drug-likeness (QED) is 0.845. The van der Waals surface area contributed by atoms with E-state index in [1.54, 1.807) is 45.2 Å². The van der Waals surface area contributed by atoms with Gasteiger partial charge in [-0.2, -0.15) is 5.26 Å². The average Bonchev–Trinajstić information content (AvgIpc) is 2.59. The van der Waals surface area contributed by atoms with Gasteiger partial charge in [0.15, 0.2) is 5.78 Å².